The number of carbonyl (C=O) groups excluding carboxylic acids is 1. The molecule has 4 nitrogen and oxygen atoms in total. The molecule has 2 rings (SSSR count). The third kappa shape index (κ3) is 3.13. The Balaban J connectivity index is 2.13. The van der Waals surface area contributed by atoms with E-state index in [1.165, 1.54) is 0 Å². The number of hydrogen-bond donors (Lipinski definition) is 1. The third-order valence-electron chi connectivity index (χ3n) is 3.99. The van der Waals surface area contributed by atoms with E-state index in [4.69, 9.17) is 5.73 Å². The minimum absolute atomic E-state index is 0.0327. The van der Waals surface area contributed by atoms with Crippen LogP contribution in [0.1, 0.15) is 44.6 Å². The Morgan fingerprint density at radius 1 is 1.47 bits per heavy atom. The summed E-state index contributed by atoms with van der Waals surface area (Å²) in [6.07, 6.45) is 6.76. The van der Waals surface area contributed by atoms with Gasteiger partial charge in [-0.25, -0.2) is 0 Å². The second kappa shape index (κ2) is 6.15. The van der Waals surface area contributed by atoms with Crippen LogP contribution in [-0.2, 0) is 4.79 Å². The highest BCUT2D eigenvalue weighted by Gasteiger charge is 2.32. The molecule has 1 aliphatic rings. The molecule has 0 radical (unpaired) electrons. The van der Waals surface area contributed by atoms with E-state index in [0.29, 0.717) is 0 Å². The molecule has 1 fully saturated rings. The van der Waals surface area contributed by atoms with E-state index in [1.54, 1.807) is 12.4 Å². The molecule has 0 bridgehead atoms. The van der Waals surface area contributed by atoms with Gasteiger partial charge in [-0.2, -0.15) is 0 Å². The van der Waals surface area contributed by atoms with E-state index in [-0.39, 0.29) is 23.9 Å². The van der Waals surface area contributed by atoms with Gasteiger partial charge in [0.05, 0.1) is 5.92 Å². The standard InChI is InChI=1S/C15H23N3O/c1-11(13-6-5-8-17-10-13)15(19)18-9-4-3-7-14(18)12(2)16/h5-6,8,10-12,14H,3-4,7,9,16H2,1-2H3/t11-,12+,14+/m0/s1. The number of amides is 1. The number of rotatable bonds is 3. The first kappa shape index (κ1) is 14.0. The molecular formula is C15H23N3O. The van der Waals surface area contributed by atoms with Crippen molar-refractivity contribution in [3.63, 3.8) is 0 Å². The summed E-state index contributed by atoms with van der Waals surface area (Å²) in [5, 5.41) is 0. The second-order valence-corrected chi connectivity index (χ2v) is 5.46. The van der Waals surface area contributed by atoms with Crippen LogP contribution >= 0.6 is 0 Å². The molecule has 1 aromatic rings. The lowest BCUT2D eigenvalue weighted by Gasteiger charge is -2.39. The van der Waals surface area contributed by atoms with Crippen LogP contribution in [0, 0.1) is 0 Å². The summed E-state index contributed by atoms with van der Waals surface area (Å²) in [5.74, 6) is 0.0306. The SMILES string of the molecule is C[C@H](C(=O)N1CCCC[C@@H]1[C@@H](C)N)c1cccnc1. The van der Waals surface area contributed by atoms with Gasteiger partial charge in [0.25, 0.3) is 0 Å². The Morgan fingerprint density at radius 3 is 2.89 bits per heavy atom. The van der Waals surface area contributed by atoms with Crippen LogP contribution in [0.5, 0.6) is 0 Å². The highest BCUT2D eigenvalue weighted by atomic mass is 16.2. The van der Waals surface area contributed by atoms with Crippen LogP contribution in [0.15, 0.2) is 24.5 Å². The Labute approximate surface area is 115 Å². The number of carbonyl (C=O) groups is 1. The fourth-order valence-electron chi connectivity index (χ4n) is 2.80. The van der Waals surface area contributed by atoms with E-state index < -0.39 is 0 Å². The Morgan fingerprint density at radius 2 is 2.26 bits per heavy atom. The molecule has 0 aromatic carbocycles. The van der Waals surface area contributed by atoms with Crippen molar-refractivity contribution in [3.05, 3.63) is 30.1 Å². The van der Waals surface area contributed by atoms with Crippen molar-refractivity contribution in [2.75, 3.05) is 6.54 Å². The van der Waals surface area contributed by atoms with Crippen molar-refractivity contribution in [2.45, 2.75) is 51.1 Å². The molecule has 104 valence electrons. The summed E-state index contributed by atoms with van der Waals surface area (Å²) in [5.41, 5.74) is 7.00. The summed E-state index contributed by atoms with van der Waals surface area (Å²) in [4.78, 5) is 18.7. The fourth-order valence-corrected chi connectivity index (χ4v) is 2.80. The quantitative estimate of drug-likeness (QED) is 0.904. The predicted octanol–water partition coefficient (Wildman–Crippen LogP) is 1.91. The van der Waals surface area contributed by atoms with E-state index in [9.17, 15) is 4.79 Å². The third-order valence-corrected chi connectivity index (χ3v) is 3.99. The van der Waals surface area contributed by atoms with E-state index in [1.807, 2.05) is 30.9 Å². The van der Waals surface area contributed by atoms with Gasteiger partial charge in [-0.05, 0) is 44.7 Å². The van der Waals surface area contributed by atoms with Gasteiger partial charge in [0, 0.05) is 31.0 Å². The summed E-state index contributed by atoms with van der Waals surface area (Å²) in [6.45, 7) is 4.77. The minimum Gasteiger partial charge on any atom is -0.338 e. The number of piperidine rings is 1. The Hall–Kier alpha value is -1.42. The second-order valence-electron chi connectivity index (χ2n) is 5.46. The van der Waals surface area contributed by atoms with E-state index in [0.717, 1.165) is 31.4 Å². The average Bonchev–Trinajstić information content (AvgIpc) is 2.46. The van der Waals surface area contributed by atoms with Crippen molar-refractivity contribution in [1.29, 1.82) is 0 Å². The van der Waals surface area contributed by atoms with Gasteiger partial charge in [-0.15, -0.1) is 0 Å². The monoisotopic (exact) mass is 261 g/mol. The molecule has 19 heavy (non-hydrogen) atoms. The van der Waals surface area contributed by atoms with Gasteiger partial charge in [0.2, 0.25) is 5.91 Å². The van der Waals surface area contributed by atoms with Gasteiger partial charge >= 0.3 is 0 Å². The molecule has 1 saturated heterocycles. The highest BCUT2D eigenvalue weighted by molar-refractivity contribution is 5.83. The van der Waals surface area contributed by atoms with Crippen molar-refractivity contribution in [3.8, 4) is 0 Å². The zero-order valence-corrected chi connectivity index (χ0v) is 11.7. The molecule has 4 heteroatoms. The number of likely N-dealkylation sites (tertiary alicyclic amines) is 1. The summed E-state index contributed by atoms with van der Waals surface area (Å²) in [6, 6.07) is 4.05. The van der Waals surface area contributed by atoms with Gasteiger partial charge in [0.1, 0.15) is 0 Å². The molecule has 3 atom stereocenters. The summed E-state index contributed by atoms with van der Waals surface area (Å²) in [7, 11) is 0. The molecule has 1 amide bonds. The van der Waals surface area contributed by atoms with Crippen LogP contribution in [0.25, 0.3) is 0 Å². The molecule has 2 N–H and O–H groups in total. The van der Waals surface area contributed by atoms with Crippen molar-refractivity contribution >= 4 is 5.91 Å². The number of hydrogen-bond acceptors (Lipinski definition) is 3. The zero-order valence-electron chi connectivity index (χ0n) is 11.7. The maximum atomic E-state index is 12.7. The average molecular weight is 261 g/mol. The molecule has 2 heterocycles. The minimum atomic E-state index is -0.145. The Kier molecular flexibility index (Phi) is 4.53. The van der Waals surface area contributed by atoms with Gasteiger partial charge in [0.15, 0.2) is 0 Å². The maximum absolute atomic E-state index is 12.7. The number of aromatic nitrogens is 1. The van der Waals surface area contributed by atoms with Gasteiger partial charge < -0.3 is 10.6 Å². The summed E-state index contributed by atoms with van der Waals surface area (Å²) < 4.78 is 0. The van der Waals surface area contributed by atoms with Crippen molar-refractivity contribution in [1.82, 2.24) is 9.88 Å². The zero-order chi connectivity index (χ0) is 13.8. The maximum Gasteiger partial charge on any atom is 0.230 e. The first-order valence-electron chi connectivity index (χ1n) is 7.07. The van der Waals surface area contributed by atoms with Crippen molar-refractivity contribution < 1.29 is 4.79 Å². The topological polar surface area (TPSA) is 59.2 Å². The molecule has 0 unspecified atom stereocenters. The van der Waals surface area contributed by atoms with Crippen LogP contribution in [0.3, 0.4) is 0 Å². The molecule has 1 aliphatic heterocycles. The first-order chi connectivity index (χ1) is 9.11. The smallest absolute Gasteiger partial charge is 0.230 e. The molecular weight excluding hydrogens is 238 g/mol. The number of nitrogens with zero attached hydrogens (tertiary/aromatic N) is 2. The van der Waals surface area contributed by atoms with E-state index in [2.05, 4.69) is 4.98 Å². The Bertz CT molecular complexity index is 419. The van der Waals surface area contributed by atoms with Crippen LogP contribution < -0.4 is 5.73 Å². The van der Waals surface area contributed by atoms with Gasteiger partial charge in [-0.1, -0.05) is 6.07 Å². The molecule has 0 saturated carbocycles. The number of nitrogens with two attached hydrogens (primary N) is 1. The van der Waals surface area contributed by atoms with Crippen molar-refractivity contribution in [2.24, 2.45) is 5.73 Å². The number of pyridine rings is 1. The molecule has 0 aliphatic carbocycles. The lowest BCUT2D eigenvalue weighted by molar-refractivity contribution is -0.136. The molecule has 1 aromatic heterocycles. The summed E-state index contributed by atoms with van der Waals surface area (Å²) >= 11 is 0. The molecule has 0 spiro atoms. The normalized spacial score (nSPS) is 22.9. The lowest BCUT2D eigenvalue weighted by Crippen LogP contribution is -2.52. The van der Waals surface area contributed by atoms with Gasteiger partial charge in [-0.3, -0.25) is 9.78 Å². The highest BCUT2D eigenvalue weighted by Crippen LogP contribution is 2.24. The fraction of sp³-hybridized carbons (Fsp3) is 0.600. The largest absolute Gasteiger partial charge is 0.338 e. The first-order valence-corrected chi connectivity index (χ1v) is 7.07. The predicted molar refractivity (Wildman–Crippen MR) is 75.7 cm³/mol. The van der Waals surface area contributed by atoms with E-state index >= 15 is 0 Å². The van der Waals surface area contributed by atoms with Crippen LogP contribution in [0.4, 0.5) is 0 Å². The van der Waals surface area contributed by atoms with Crippen LogP contribution in [0.2, 0.25) is 0 Å². The lowest BCUT2D eigenvalue weighted by atomic mass is 9.93. The van der Waals surface area contributed by atoms with Crippen LogP contribution in [-0.4, -0.2) is 34.4 Å².